The van der Waals surface area contributed by atoms with E-state index in [1.54, 1.807) is 42.4 Å². The van der Waals surface area contributed by atoms with E-state index in [-0.39, 0.29) is 31.5 Å². The van der Waals surface area contributed by atoms with Crippen LogP contribution in [0.5, 0.6) is 5.75 Å². The molecule has 0 saturated carbocycles. The third-order valence-corrected chi connectivity index (χ3v) is 9.07. The fourth-order valence-corrected chi connectivity index (χ4v) is 8.13. The third kappa shape index (κ3) is 3.13. The number of nitrogens with zero attached hydrogens (tertiary/aromatic N) is 2. The van der Waals surface area contributed by atoms with Gasteiger partial charge in [0.25, 0.3) is 5.91 Å². The lowest BCUT2D eigenvalue weighted by molar-refractivity contribution is -0.150. The van der Waals surface area contributed by atoms with E-state index in [0.717, 1.165) is 0 Å². The van der Waals surface area contributed by atoms with Crippen LogP contribution in [0.2, 0.25) is 0 Å². The maximum absolute atomic E-state index is 14.0. The number of carbonyl (C=O) groups excluding carboxylic acids is 2. The largest absolute Gasteiger partial charge is 0.497 e. The average molecular weight is 461 g/mol. The molecule has 0 aromatic heterocycles. The first-order valence-corrected chi connectivity index (χ1v) is 11.5. The summed E-state index contributed by atoms with van der Waals surface area (Å²) in [6.45, 7) is 5.58. The fourth-order valence-electron chi connectivity index (χ4n) is 5.79. The summed E-state index contributed by atoms with van der Waals surface area (Å²) in [5.41, 5.74) is 0.630. The van der Waals surface area contributed by atoms with Crippen molar-refractivity contribution in [1.82, 2.24) is 4.90 Å². The summed E-state index contributed by atoms with van der Waals surface area (Å²) >= 11 is 1.48. The number of methoxy groups -OCH3 is 1. The summed E-state index contributed by atoms with van der Waals surface area (Å²) in [6.07, 6.45) is 2.82. The van der Waals surface area contributed by atoms with Crippen LogP contribution in [0.15, 0.2) is 36.9 Å². The number of benzene rings is 1. The van der Waals surface area contributed by atoms with E-state index in [2.05, 4.69) is 6.58 Å². The molecule has 3 aliphatic heterocycles. The SMILES string of the molecule is C=CCN(C(=O)C1N(CCO)C(=O)[C@@H]2[C@H](C(=O)O)[C@]3(C)CCC12S3)c1ccc(OC)cc1. The number of aliphatic hydroxyl groups excluding tert-OH is 1. The van der Waals surface area contributed by atoms with Crippen molar-refractivity contribution in [2.24, 2.45) is 11.8 Å². The standard InChI is InChI=1S/C23H28N2O6S/c1-4-11-24(14-5-7-15(31-3)8-6-14)20(28)18-23-10-9-22(2,32-23)17(21(29)30)16(23)19(27)25(18)12-13-26/h4-8,16-18,26H,1,9-13H2,2-3H3,(H,29,30)/t16-,17+,18?,22-,23?/m0/s1. The Labute approximate surface area is 191 Å². The van der Waals surface area contributed by atoms with E-state index in [4.69, 9.17) is 4.74 Å². The summed E-state index contributed by atoms with van der Waals surface area (Å²) in [4.78, 5) is 42.7. The highest BCUT2D eigenvalue weighted by atomic mass is 32.2. The molecule has 1 aromatic rings. The van der Waals surface area contributed by atoms with Gasteiger partial charge in [-0.2, -0.15) is 0 Å². The van der Waals surface area contributed by atoms with E-state index in [1.807, 2.05) is 6.92 Å². The van der Waals surface area contributed by atoms with Gasteiger partial charge < -0.3 is 24.7 Å². The molecule has 0 radical (unpaired) electrons. The highest BCUT2D eigenvalue weighted by Crippen LogP contribution is 2.71. The molecular weight excluding hydrogens is 432 g/mol. The molecule has 2 bridgehead atoms. The summed E-state index contributed by atoms with van der Waals surface area (Å²) in [6, 6.07) is 6.18. The number of carbonyl (C=O) groups is 3. The van der Waals surface area contributed by atoms with Crippen LogP contribution in [0.4, 0.5) is 5.69 Å². The minimum Gasteiger partial charge on any atom is -0.497 e. The van der Waals surface area contributed by atoms with Crippen molar-refractivity contribution in [1.29, 1.82) is 0 Å². The van der Waals surface area contributed by atoms with E-state index in [0.29, 0.717) is 24.3 Å². The number of likely N-dealkylation sites (tertiary alicyclic amines) is 1. The highest BCUT2D eigenvalue weighted by Gasteiger charge is 2.77. The smallest absolute Gasteiger partial charge is 0.308 e. The molecule has 4 rings (SSSR count). The van der Waals surface area contributed by atoms with Crippen LogP contribution in [0.1, 0.15) is 19.8 Å². The molecule has 3 fully saturated rings. The number of hydrogen-bond donors (Lipinski definition) is 2. The van der Waals surface area contributed by atoms with Gasteiger partial charge in [-0.3, -0.25) is 14.4 Å². The van der Waals surface area contributed by atoms with E-state index in [9.17, 15) is 24.6 Å². The summed E-state index contributed by atoms with van der Waals surface area (Å²) < 4.78 is 3.79. The van der Waals surface area contributed by atoms with Crippen LogP contribution >= 0.6 is 11.8 Å². The van der Waals surface area contributed by atoms with Gasteiger partial charge in [0, 0.05) is 23.5 Å². The molecule has 2 amide bonds. The number of carboxylic acid groups (broad SMARTS) is 1. The number of aliphatic hydroxyl groups is 1. The van der Waals surface area contributed by atoms with Crippen LogP contribution in [-0.2, 0) is 14.4 Å². The minimum absolute atomic E-state index is 0.0123. The van der Waals surface area contributed by atoms with Crippen molar-refractivity contribution in [2.45, 2.75) is 35.3 Å². The van der Waals surface area contributed by atoms with Crippen molar-refractivity contribution in [3.63, 3.8) is 0 Å². The number of fused-ring (bicyclic) bond motifs is 1. The zero-order chi connectivity index (χ0) is 23.3. The van der Waals surface area contributed by atoms with Crippen molar-refractivity contribution < 1.29 is 29.3 Å². The number of ether oxygens (including phenoxy) is 1. The number of aliphatic carboxylic acids is 1. The molecule has 8 nitrogen and oxygen atoms in total. The maximum Gasteiger partial charge on any atom is 0.308 e. The third-order valence-electron chi connectivity index (χ3n) is 7.08. The number of anilines is 1. The van der Waals surface area contributed by atoms with Crippen molar-refractivity contribution in [3.8, 4) is 5.75 Å². The first-order valence-electron chi connectivity index (χ1n) is 10.6. The van der Waals surface area contributed by atoms with Crippen molar-refractivity contribution in [3.05, 3.63) is 36.9 Å². The lowest BCUT2D eigenvalue weighted by atomic mass is 9.66. The zero-order valence-corrected chi connectivity index (χ0v) is 19.0. The number of carboxylic acids is 1. The van der Waals surface area contributed by atoms with E-state index in [1.165, 1.54) is 16.7 Å². The van der Waals surface area contributed by atoms with Crippen LogP contribution in [-0.4, -0.2) is 75.2 Å². The Morgan fingerprint density at radius 1 is 1.34 bits per heavy atom. The Morgan fingerprint density at radius 3 is 2.59 bits per heavy atom. The molecular formula is C23H28N2O6S. The fraction of sp³-hybridized carbons (Fsp3) is 0.522. The first kappa shape index (κ1) is 22.7. The second kappa shape index (κ2) is 8.12. The number of hydrogen-bond acceptors (Lipinski definition) is 6. The Bertz CT molecular complexity index is 952. The van der Waals surface area contributed by atoms with Gasteiger partial charge in [0.2, 0.25) is 5.91 Å². The van der Waals surface area contributed by atoms with Crippen molar-refractivity contribution in [2.75, 3.05) is 31.7 Å². The summed E-state index contributed by atoms with van der Waals surface area (Å²) in [5, 5.41) is 19.6. The van der Waals surface area contributed by atoms with Crippen LogP contribution < -0.4 is 9.64 Å². The molecule has 32 heavy (non-hydrogen) atoms. The molecule has 1 aromatic carbocycles. The van der Waals surface area contributed by atoms with Gasteiger partial charge in [0.05, 0.1) is 30.3 Å². The normalized spacial score (nSPS) is 32.7. The summed E-state index contributed by atoms with van der Waals surface area (Å²) in [5.74, 6) is -2.64. The molecule has 3 saturated heterocycles. The van der Waals surface area contributed by atoms with Gasteiger partial charge in [-0.1, -0.05) is 6.08 Å². The Hall–Kier alpha value is -2.52. The molecule has 1 spiro atoms. The van der Waals surface area contributed by atoms with Gasteiger partial charge in [-0.05, 0) is 44.0 Å². The number of β-amino-alcohol motifs (C(OH)–C–C–N with tert-alkyl or cyclic N) is 1. The topological polar surface area (TPSA) is 107 Å². The van der Waals surface area contributed by atoms with Crippen molar-refractivity contribution >= 4 is 35.2 Å². The lowest BCUT2D eigenvalue weighted by Crippen LogP contribution is -2.55. The lowest BCUT2D eigenvalue weighted by Gasteiger charge is -2.37. The molecule has 3 heterocycles. The molecule has 2 unspecified atom stereocenters. The Balaban J connectivity index is 1.78. The highest BCUT2D eigenvalue weighted by molar-refractivity contribution is 8.02. The molecule has 3 aliphatic rings. The Morgan fingerprint density at radius 2 is 2.03 bits per heavy atom. The van der Waals surface area contributed by atoms with Crippen LogP contribution in [0.3, 0.4) is 0 Å². The minimum atomic E-state index is -1.00. The second-order valence-electron chi connectivity index (χ2n) is 8.76. The molecule has 0 aliphatic carbocycles. The maximum atomic E-state index is 14.0. The number of thioether (sulfide) groups is 1. The predicted octanol–water partition coefficient (Wildman–Crippen LogP) is 1.77. The van der Waals surface area contributed by atoms with Crippen LogP contribution in [0, 0.1) is 11.8 Å². The molecule has 5 atom stereocenters. The molecule has 172 valence electrons. The van der Waals surface area contributed by atoms with Gasteiger partial charge in [0.1, 0.15) is 11.8 Å². The predicted molar refractivity (Wildman–Crippen MR) is 121 cm³/mol. The average Bonchev–Trinajstić information content (AvgIpc) is 3.33. The quantitative estimate of drug-likeness (QED) is 0.570. The zero-order valence-electron chi connectivity index (χ0n) is 18.2. The monoisotopic (exact) mass is 460 g/mol. The second-order valence-corrected chi connectivity index (χ2v) is 10.7. The van der Waals surface area contributed by atoms with E-state index < -0.39 is 33.3 Å². The van der Waals surface area contributed by atoms with Gasteiger partial charge >= 0.3 is 5.97 Å². The van der Waals surface area contributed by atoms with Gasteiger partial charge in [-0.25, -0.2) is 0 Å². The van der Waals surface area contributed by atoms with Gasteiger partial charge in [-0.15, -0.1) is 18.3 Å². The first-order chi connectivity index (χ1) is 15.2. The van der Waals surface area contributed by atoms with E-state index >= 15 is 0 Å². The number of amides is 2. The molecule has 9 heteroatoms. The molecule has 2 N–H and O–H groups in total. The van der Waals surface area contributed by atoms with Gasteiger partial charge in [0.15, 0.2) is 0 Å². The van der Waals surface area contributed by atoms with Crippen LogP contribution in [0.25, 0.3) is 0 Å². The number of rotatable bonds is 8. The Kier molecular flexibility index (Phi) is 5.75. The summed E-state index contributed by atoms with van der Waals surface area (Å²) in [7, 11) is 1.56.